The maximum atomic E-state index is 13.9. The fraction of sp³-hybridized carbons (Fsp3) is 0.350. The summed E-state index contributed by atoms with van der Waals surface area (Å²) >= 11 is 0. The van der Waals surface area contributed by atoms with Crippen LogP contribution in [-0.4, -0.2) is 56.3 Å². The van der Waals surface area contributed by atoms with Crippen LogP contribution in [0.15, 0.2) is 41.3 Å². The van der Waals surface area contributed by atoms with Crippen molar-refractivity contribution in [3.8, 4) is 5.75 Å². The van der Waals surface area contributed by atoms with Gasteiger partial charge in [0.15, 0.2) is 17.5 Å². The maximum absolute atomic E-state index is 13.9. The molecule has 1 heterocycles. The Balaban J connectivity index is 1.56. The SMILES string of the molecule is Cc1ccccc1OCCC(=O)N1CCN(S(=O)(=O)c2ccc(F)c(F)c2F)CC1. The predicted molar refractivity (Wildman–Crippen MR) is 103 cm³/mol. The molecule has 0 aromatic heterocycles. The van der Waals surface area contributed by atoms with Crippen molar-refractivity contribution in [1.29, 1.82) is 0 Å². The summed E-state index contributed by atoms with van der Waals surface area (Å²) in [4.78, 5) is 12.9. The van der Waals surface area contributed by atoms with Gasteiger partial charge in [0.2, 0.25) is 15.9 Å². The Hall–Kier alpha value is -2.59. The zero-order valence-electron chi connectivity index (χ0n) is 16.3. The van der Waals surface area contributed by atoms with Gasteiger partial charge in [0.25, 0.3) is 0 Å². The van der Waals surface area contributed by atoms with E-state index in [1.54, 1.807) is 6.07 Å². The van der Waals surface area contributed by atoms with E-state index in [1.165, 1.54) is 4.90 Å². The largest absolute Gasteiger partial charge is 0.493 e. The molecular formula is C20H21F3N2O4S. The molecule has 0 saturated carbocycles. The van der Waals surface area contributed by atoms with Gasteiger partial charge in [-0.25, -0.2) is 21.6 Å². The summed E-state index contributed by atoms with van der Waals surface area (Å²) in [5, 5.41) is 0. The lowest BCUT2D eigenvalue weighted by molar-refractivity contribution is -0.132. The molecule has 2 aromatic carbocycles. The van der Waals surface area contributed by atoms with Crippen molar-refractivity contribution in [3.05, 3.63) is 59.4 Å². The average molecular weight is 442 g/mol. The highest BCUT2D eigenvalue weighted by Gasteiger charge is 2.33. The van der Waals surface area contributed by atoms with Gasteiger partial charge in [-0.05, 0) is 30.7 Å². The first kappa shape index (κ1) is 22.1. The molecule has 2 aromatic rings. The molecule has 1 aliphatic heterocycles. The van der Waals surface area contributed by atoms with Crippen LogP contribution in [0.5, 0.6) is 5.75 Å². The first-order valence-corrected chi connectivity index (χ1v) is 10.8. The van der Waals surface area contributed by atoms with Gasteiger partial charge in [-0.1, -0.05) is 18.2 Å². The quantitative estimate of drug-likeness (QED) is 0.646. The summed E-state index contributed by atoms with van der Waals surface area (Å²) in [5.74, 6) is -4.55. The lowest BCUT2D eigenvalue weighted by Gasteiger charge is -2.34. The van der Waals surface area contributed by atoms with Crippen molar-refractivity contribution in [2.24, 2.45) is 0 Å². The number of para-hydroxylation sites is 1. The van der Waals surface area contributed by atoms with Gasteiger partial charge in [0, 0.05) is 26.2 Å². The van der Waals surface area contributed by atoms with E-state index in [-0.39, 0.29) is 45.1 Å². The Labute approximate surface area is 172 Å². The fourth-order valence-electron chi connectivity index (χ4n) is 3.15. The maximum Gasteiger partial charge on any atom is 0.246 e. The molecule has 0 atom stereocenters. The van der Waals surface area contributed by atoms with E-state index >= 15 is 0 Å². The highest BCUT2D eigenvalue weighted by atomic mass is 32.2. The summed E-state index contributed by atoms with van der Waals surface area (Å²) in [6, 6.07) is 8.68. The molecule has 0 spiro atoms. The van der Waals surface area contributed by atoms with Crippen molar-refractivity contribution in [3.63, 3.8) is 0 Å². The van der Waals surface area contributed by atoms with E-state index in [2.05, 4.69) is 0 Å². The van der Waals surface area contributed by atoms with Crippen LogP contribution in [0.3, 0.4) is 0 Å². The van der Waals surface area contributed by atoms with Gasteiger partial charge in [0.1, 0.15) is 10.6 Å². The Morgan fingerprint density at radius 3 is 2.33 bits per heavy atom. The van der Waals surface area contributed by atoms with Gasteiger partial charge < -0.3 is 9.64 Å². The van der Waals surface area contributed by atoms with Crippen LogP contribution in [0.4, 0.5) is 13.2 Å². The average Bonchev–Trinajstić information content (AvgIpc) is 2.73. The molecule has 0 aliphatic carbocycles. The lowest BCUT2D eigenvalue weighted by atomic mass is 10.2. The van der Waals surface area contributed by atoms with Crippen LogP contribution in [0, 0.1) is 24.4 Å². The number of carbonyl (C=O) groups is 1. The monoisotopic (exact) mass is 442 g/mol. The molecule has 10 heteroatoms. The number of ether oxygens (including phenoxy) is 1. The zero-order valence-corrected chi connectivity index (χ0v) is 17.1. The molecule has 0 radical (unpaired) electrons. The van der Waals surface area contributed by atoms with Crippen LogP contribution in [-0.2, 0) is 14.8 Å². The second-order valence-electron chi connectivity index (χ2n) is 6.82. The molecule has 1 saturated heterocycles. The molecule has 1 aliphatic rings. The van der Waals surface area contributed by atoms with Gasteiger partial charge in [-0.3, -0.25) is 4.79 Å². The van der Waals surface area contributed by atoms with Crippen LogP contribution < -0.4 is 4.74 Å². The van der Waals surface area contributed by atoms with Crippen molar-refractivity contribution >= 4 is 15.9 Å². The number of piperazine rings is 1. The number of hydrogen-bond donors (Lipinski definition) is 0. The minimum Gasteiger partial charge on any atom is -0.493 e. The number of hydrogen-bond acceptors (Lipinski definition) is 4. The minimum absolute atomic E-state index is 0.0782. The Bertz CT molecular complexity index is 1040. The number of carbonyl (C=O) groups excluding carboxylic acids is 1. The standard InChI is InChI=1S/C20H21F3N2O4S/c1-14-4-2-3-5-16(14)29-13-8-18(26)24-9-11-25(12-10-24)30(27,28)17-7-6-15(21)19(22)20(17)23/h2-7H,8-13H2,1H3. The number of benzene rings is 2. The first-order valence-electron chi connectivity index (χ1n) is 9.31. The van der Waals surface area contributed by atoms with Crippen molar-refractivity contribution in [2.45, 2.75) is 18.2 Å². The van der Waals surface area contributed by atoms with Gasteiger partial charge in [0.05, 0.1) is 13.0 Å². The normalized spacial score (nSPS) is 15.3. The topological polar surface area (TPSA) is 66.9 Å². The van der Waals surface area contributed by atoms with E-state index in [0.29, 0.717) is 17.9 Å². The van der Waals surface area contributed by atoms with E-state index in [0.717, 1.165) is 9.87 Å². The number of halogens is 3. The van der Waals surface area contributed by atoms with Crippen molar-refractivity contribution in [1.82, 2.24) is 9.21 Å². The van der Waals surface area contributed by atoms with Crippen LogP contribution in [0.25, 0.3) is 0 Å². The smallest absolute Gasteiger partial charge is 0.246 e. The first-order chi connectivity index (χ1) is 14.2. The summed E-state index contributed by atoms with van der Waals surface area (Å²) < 4.78 is 72.2. The van der Waals surface area contributed by atoms with Crippen molar-refractivity contribution < 1.29 is 31.1 Å². The molecule has 0 bridgehead atoms. The highest BCUT2D eigenvalue weighted by molar-refractivity contribution is 7.89. The molecule has 6 nitrogen and oxygen atoms in total. The molecule has 1 amide bonds. The molecule has 0 unspecified atom stereocenters. The van der Waals surface area contributed by atoms with E-state index in [4.69, 9.17) is 4.74 Å². The number of amides is 1. The minimum atomic E-state index is -4.35. The Morgan fingerprint density at radius 1 is 1.00 bits per heavy atom. The number of sulfonamides is 1. The molecule has 1 fully saturated rings. The lowest BCUT2D eigenvalue weighted by Crippen LogP contribution is -2.50. The summed E-state index contributed by atoms with van der Waals surface area (Å²) in [6.07, 6.45) is 0.124. The Morgan fingerprint density at radius 2 is 1.67 bits per heavy atom. The predicted octanol–water partition coefficient (Wildman–Crippen LogP) is 2.71. The third kappa shape index (κ3) is 4.59. The van der Waals surface area contributed by atoms with E-state index < -0.39 is 32.4 Å². The molecule has 162 valence electrons. The highest BCUT2D eigenvalue weighted by Crippen LogP contribution is 2.24. The summed E-state index contributed by atoms with van der Waals surface area (Å²) in [6.45, 7) is 2.13. The number of rotatable bonds is 6. The number of aryl methyl sites for hydroxylation is 1. The zero-order chi connectivity index (χ0) is 21.9. The molecular weight excluding hydrogens is 421 g/mol. The Kier molecular flexibility index (Phi) is 6.67. The van der Waals surface area contributed by atoms with Crippen LogP contribution in [0.1, 0.15) is 12.0 Å². The second-order valence-corrected chi connectivity index (χ2v) is 8.73. The summed E-state index contributed by atoms with van der Waals surface area (Å²) in [7, 11) is -4.35. The number of nitrogens with zero attached hydrogens (tertiary/aromatic N) is 2. The third-order valence-corrected chi connectivity index (χ3v) is 6.79. The van der Waals surface area contributed by atoms with Crippen LogP contribution >= 0.6 is 0 Å². The van der Waals surface area contributed by atoms with Gasteiger partial charge in [-0.15, -0.1) is 0 Å². The second kappa shape index (κ2) is 9.05. The summed E-state index contributed by atoms with van der Waals surface area (Å²) in [5.41, 5.74) is 0.952. The molecule has 3 rings (SSSR count). The molecule has 30 heavy (non-hydrogen) atoms. The van der Waals surface area contributed by atoms with E-state index in [9.17, 15) is 26.4 Å². The molecule has 0 N–H and O–H groups in total. The third-order valence-electron chi connectivity index (χ3n) is 4.88. The van der Waals surface area contributed by atoms with E-state index in [1.807, 2.05) is 25.1 Å². The van der Waals surface area contributed by atoms with Gasteiger partial charge in [-0.2, -0.15) is 4.31 Å². The van der Waals surface area contributed by atoms with Crippen molar-refractivity contribution in [2.75, 3.05) is 32.8 Å². The fourth-order valence-corrected chi connectivity index (χ4v) is 4.63. The van der Waals surface area contributed by atoms with Gasteiger partial charge >= 0.3 is 0 Å². The van der Waals surface area contributed by atoms with Crippen LogP contribution in [0.2, 0.25) is 0 Å².